The van der Waals surface area contributed by atoms with Crippen LogP contribution in [0.3, 0.4) is 0 Å². The van der Waals surface area contributed by atoms with Gasteiger partial charge in [-0.3, -0.25) is 13.9 Å². The van der Waals surface area contributed by atoms with Gasteiger partial charge in [0.1, 0.15) is 5.82 Å². The van der Waals surface area contributed by atoms with E-state index in [1.807, 2.05) is 6.92 Å². The number of nitrogens with zero attached hydrogens (tertiary/aromatic N) is 3. The summed E-state index contributed by atoms with van der Waals surface area (Å²) in [5.41, 5.74) is 4.16. The number of nitrogens with two attached hydrogens (primary N) is 1. The standard InChI is InChI=1S/C10H14N4O3/c1-2-5-13-8(11)7(12-17)9(15)14(10(13)16)6-3-4-6/h6H,2-5,11H2,1H3. The number of aromatic nitrogens is 2. The summed E-state index contributed by atoms with van der Waals surface area (Å²) in [5, 5.41) is 2.66. The van der Waals surface area contributed by atoms with Crippen molar-refractivity contribution in [3.63, 3.8) is 0 Å². The van der Waals surface area contributed by atoms with Gasteiger partial charge in [-0.05, 0) is 24.4 Å². The molecular formula is C10H14N4O3. The lowest BCUT2D eigenvalue weighted by Gasteiger charge is -2.12. The summed E-state index contributed by atoms with van der Waals surface area (Å²) in [7, 11) is 0. The Morgan fingerprint density at radius 3 is 2.53 bits per heavy atom. The van der Waals surface area contributed by atoms with Gasteiger partial charge in [-0.1, -0.05) is 6.92 Å². The average molecular weight is 238 g/mol. The molecule has 0 saturated heterocycles. The van der Waals surface area contributed by atoms with Crippen LogP contribution in [0.4, 0.5) is 11.5 Å². The first-order chi connectivity index (χ1) is 8.11. The molecule has 92 valence electrons. The maximum atomic E-state index is 12.1. The molecule has 17 heavy (non-hydrogen) atoms. The molecule has 7 nitrogen and oxygen atoms in total. The molecule has 0 atom stereocenters. The van der Waals surface area contributed by atoms with Gasteiger partial charge in [-0.25, -0.2) is 4.79 Å². The van der Waals surface area contributed by atoms with Gasteiger partial charge in [0.2, 0.25) is 5.69 Å². The van der Waals surface area contributed by atoms with Crippen LogP contribution in [-0.4, -0.2) is 9.13 Å². The van der Waals surface area contributed by atoms with E-state index in [2.05, 4.69) is 5.18 Å². The van der Waals surface area contributed by atoms with E-state index >= 15 is 0 Å². The van der Waals surface area contributed by atoms with Gasteiger partial charge in [0, 0.05) is 12.6 Å². The second-order valence-electron chi connectivity index (χ2n) is 4.17. The van der Waals surface area contributed by atoms with Crippen molar-refractivity contribution in [3.05, 3.63) is 25.7 Å². The quantitative estimate of drug-likeness (QED) is 0.781. The molecule has 1 aromatic heterocycles. The summed E-state index contributed by atoms with van der Waals surface area (Å²) in [5.74, 6) is -0.131. The van der Waals surface area contributed by atoms with E-state index < -0.39 is 11.2 Å². The van der Waals surface area contributed by atoms with E-state index in [-0.39, 0.29) is 17.5 Å². The number of rotatable bonds is 4. The molecule has 7 heteroatoms. The van der Waals surface area contributed by atoms with E-state index in [1.54, 1.807) is 0 Å². The van der Waals surface area contributed by atoms with Crippen molar-refractivity contribution < 1.29 is 0 Å². The summed E-state index contributed by atoms with van der Waals surface area (Å²) >= 11 is 0. The van der Waals surface area contributed by atoms with Crippen LogP contribution in [0.5, 0.6) is 0 Å². The Kier molecular flexibility index (Phi) is 2.83. The predicted octanol–water partition coefficient (Wildman–Crippen LogP) is 0.735. The molecule has 2 rings (SSSR count). The normalized spacial score (nSPS) is 14.9. The van der Waals surface area contributed by atoms with Gasteiger partial charge in [0.05, 0.1) is 0 Å². The van der Waals surface area contributed by atoms with Crippen molar-refractivity contribution in [3.8, 4) is 0 Å². The largest absolute Gasteiger partial charge is 0.383 e. The maximum absolute atomic E-state index is 12.1. The molecule has 0 amide bonds. The van der Waals surface area contributed by atoms with Gasteiger partial charge in [-0.15, -0.1) is 4.91 Å². The lowest BCUT2D eigenvalue weighted by molar-refractivity contribution is 0.562. The molecule has 1 heterocycles. The van der Waals surface area contributed by atoms with E-state index in [0.717, 1.165) is 17.4 Å². The van der Waals surface area contributed by atoms with E-state index in [4.69, 9.17) is 5.73 Å². The molecule has 0 bridgehead atoms. The van der Waals surface area contributed by atoms with Gasteiger partial charge in [-0.2, -0.15) is 0 Å². The summed E-state index contributed by atoms with van der Waals surface area (Å²) in [6, 6.07) is -0.0980. The fraction of sp³-hybridized carbons (Fsp3) is 0.600. The summed E-state index contributed by atoms with van der Waals surface area (Å²) in [6.45, 7) is 2.26. The summed E-state index contributed by atoms with van der Waals surface area (Å²) < 4.78 is 2.35. The van der Waals surface area contributed by atoms with Crippen molar-refractivity contribution in [2.24, 2.45) is 5.18 Å². The number of anilines is 1. The molecule has 1 saturated carbocycles. The van der Waals surface area contributed by atoms with Crippen LogP contribution in [0, 0.1) is 4.91 Å². The second kappa shape index (κ2) is 4.15. The minimum atomic E-state index is -0.669. The first-order valence-electron chi connectivity index (χ1n) is 5.60. The number of nitroso groups, excluding NO2 is 1. The molecule has 2 N–H and O–H groups in total. The topological polar surface area (TPSA) is 99.4 Å². The van der Waals surface area contributed by atoms with Gasteiger partial charge in [0.25, 0.3) is 5.56 Å². The highest BCUT2D eigenvalue weighted by atomic mass is 16.3. The third kappa shape index (κ3) is 1.77. The predicted molar refractivity (Wildman–Crippen MR) is 63.4 cm³/mol. The highest BCUT2D eigenvalue weighted by Gasteiger charge is 2.30. The lowest BCUT2D eigenvalue weighted by atomic mass is 10.4. The minimum absolute atomic E-state index is 0.0980. The third-order valence-electron chi connectivity index (χ3n) is 2.84. The Morgan fingerprint density at radius 2 is 2.06 bits per heavy atom. The Balaban J connectivity index is 2.76. The van der Waals surface area contributed by atoms with Crippen LogP contribution in [-0.2, 0) is 6.54 Å². The average Bonchev–Trinajstić information content (AvgIpc) is 3.09. The first-order valence-corrected chi connectivity index (χ1v) is 5.60. The fourth-order valence-electron chi connectivity index (χ4n) is 1.85. The molecule has 1 fully saturated rings. The summed E-state index contributed by atoms with van der Waals surface area (Å²) in [6.07, 6.45) is 2.25. The zero-order valence-electron chi connectivity index (χ0n) is 9.55. The zero-order chi connectivity index (χ0) is 12.6. The minimum Gasteiger partial charge on any atom is -0.383 e. The maximum Gasteiger partial charge on any atom is 0.332 e. The molecule has 0 aliphatic heterocycles. The van der Waals surface area contributed by atoms with Gasteiger partial charge in [0.15, 0.2) is 0 Å². The van der Waals surface area contributed by atoms with Crippen molar-refractivity contribution in [1.29, 1.82) is 0 Å². The highest BCUT2D eigenvalue weighted by molar-refractivity contribution is 5.56. The fourth-order valence-corrected chi connectivity index (χ4v) is 1.85. The lowest BCUT2D eigenvalue weighted by Crippen LogP contribution is -2.40. The van der Waals surface area contributed by atoms with Crippen molar-refractivity contribution in [2.45, 2.75) is 38.8 Å². The Labute approximate surface area is 96.8 Å². The van der Waals surface area contributed by atoms with Crippen LogP contribution < -0.4 is 17.0 Å². The van der Waals surface area contributed by atoms with Crippen LogP contribution >= 0.6 is 0 Å². The van der Waals surface area contributed by atoms with Crippen LogP contribution in [0.15, 0.2) is 14.8 Å². The van der Waals surface area contributed by atoms with Crippen LogP contribution in [0.1, 0.15) is 32.2 Å². The van der Waals surface area contributed by atoms with Crippen molar-refractivity contribution >= 4 is 11.5 Å². The third-order valence-corrected chi connectivity index (χ3v) is 2.84. The number of hydrogen-bond acceptors (Lipinski definition) is 5. The van der Waals surface area contributed by atoms with Gasteiger partial charge >= 0.3 is 5.69 Å². The van der Waals surface area contributed by atoms with E-state index in [1.165, 1.54) is 4.57 Å². The van der Waals surface area contributed by atoms with Crippen molar-refractivity contribution in [2.75, 3.05) is 5.73 Å². The molecule has 1 aromatic rings. The molecule has 1 aliphatic rings. The molecular weight excluding hydrogens is 224 g/mol. The first kappa shape index (κ1) is 11.6. The molecule has 0 radical (unpaired) electrons. The van der Waals surface area contributed by atoms with Gasteiger partial charge < -0.3 is 5.73 Å². The Morgan fingerprint density at radius 1 is 1.41 bits per heavy atom. The summed E-state index contributed by atoms with van der Waals surface area (Å²) in [4.78, 5) is 34.6. The highest BCUT2D eigenvalue weighted by Crippen LogP contribution is 2.33. The number of nitrogen functional groups attached to an aromatic ring is 1. The van der Waals surface area contributed by atoms with Crippen LogP contribution in [0.2, 0.25) is 0 Å². The Hall–Kier alpha value is -1.92. The van der Waals surface area contributed by atoms with E-state index in [9.17, 15) is 14.5 Å². The molecule has 0 spiro atoms. The van der Waals surface area contributed by atoms with Crippen molar-refractivity contribution in [1.82, 2.24) is 9.13 Å². The van der Waals surface area contributed by atoms with E-state index in [0.29, 0.717) is 13.0 Å². The monoisotopic (exact) mass is 238 g/mol. The van der Waals surface area contributed by atoms with Crippen LogP contribution in [0.25, 0.3) is 0 Å². The molecule has 1 aliphatic carbocycles. The SMILES string of the molecule is CCCn1c(N)c(N=O)c(=O)n(C2CC2)c1=O. The molecule has 0 aromatic carbocycles. The Bertz CT molecular complexity index is 568. The zero-order valence-corrected chi connectivity index (χ0v) is 9.55. The second-order valence-corrected chi connectivity index (χ2v) is 4.17. The number of hydrogen-bond donors (Lipinski definition) is 1. The molecule has 0 unspecified atom stereocenters. The smallest absolute Gasteiger partial charge is 0.332 e.